The van der Waals surface area contributed by atoms with Crippen LogP contribution in [0.2, 0.25) is 0 Å². The SMILES string of the molecule is CNCc1nc(C(C)C)ncc1N(C)CCC(C)C. The fourth-order valence-corrected chi connectivity index (χ4v) is 1.89. The van der Waals surface area contributed by atoms with Gasteiger partial charge in [0.05, 0.1) is 17.6 Å². The van der Waals surface area contributed by atoms with E-state index in [0.29, 0.717) is 11.8 Å². The summed E-state index contributed by atoms with van der Waals surface area (Å²) >= 11 is 0. The molecule has 1 N–H and O–H groups in total. The van der Waals surface area contributed by atoms with E-state index in [1.165, 1.54) is 6.42 Å². The minimum absolute atomic E-state index is 0.366. The molecule has 0 aromatic carbocycles. The average molecular weight is 264 g/mol. The Morgan fingerprint density at radius 3 is 2.47 bits per heavy atom. The van der Waals surface area contributed by atoms with Crippen molar-refractivity contribution >= 4 is 5.69 Å². The molecule has 19 heavy (non-hydrogen) atoms. The van der Waals surface area contributed by atoms with Crippen molar-refractivity contribution in [1.82, 2.24) is 15.3 Å². The molecule has 0 amide bonds. The summed E-state index contributed by atoms with van der Waals surface area (Å²) in [6.45, 7) is 10.6. The summed E-state index contributed by atoms with van der Waals surface area (Å²) in [5, 5.41) is 3.19. The van der Waals surface area contributed by atoms with E-state index in [-0.39, 0.29) is 0 Å². The van der Waals surface area contributed by atoms with Crippen molar-refractivity contribution in [3.63, 3.8) is 0 Å². The standard InChI is InChI=1S/C15H28N4/c1-11(2)7-8-19(6)14-10-17-15(12(3)4)18-13(14)9-16-5/h10-12,16H,7-9H2,1-6H3. The molecule has 0 aliphatic carbocycles. The molecule has 1 rings (SSSR count). The van der Waals surface area contributed by atoms with Crippen LogP contribution in [-0.2, 0) is 6.54 Å². The highest BCUT2D eigenvalue weighted by atomic mass is 15.1. The summed E-state index contributed by atoms with van der Waals surface area (Å²) in [4.78, 5) is 11.4. The minimum atomic E-state index is 0.366. The Labute approximate surface area is 117 Å². The van der Waals surface area contributed by atoms with E-state index in [2.05, 4.69) is 49.9 Å². The van der Waals surface area contributed by atoms with Crippen LogP contribution in [0.1, 0.15) is 51.6 Å². The molecular formula is C15H28N4. The maximum atomic E-state index is 4.69. The van der Waals surface area contributed by atoms with Gasteiger partial charge in [0.2, 0.25) is 0 Å². The van der Waals surface area contributed by atoms with Crippen LogP contribution in [-0.4, -0.2) is 30.6 Å². The number of aromatic nitrogens is 2. The second-order valence-corrected chi connectivity index (χ2v) is 5.85. The molecule has 0 saturated carbocycles. The molecule has 4 heteroatoms. The third-order valence-electron chi connectivity index (χ3n) is 3.18. The minimum Gasteiger partial charge on any atom is -0.372 e. The predicted molar refractivity (Wildman–Crippen MR) is 81.6 cm³/mol. The first kappa shape index (κ1) is 15.9. The predicted octanol–water partition coefficient (Wildman–Crippen LogP) is 2.80. The summed E-state index contributed by atoms with van der Waals surface area (Å²) in [5.41, 5.74) is 2.23. The van der Waals surface area contributed by atoms with Crippen molar-refractivity contribution in [2.24, 2.45) is 5.92 Å². The lowest BCUT2D eigenvalue weighted by molar-refractivity contribution is 0.583. The summed E-state index contributed by atoms with van der Waals surface area (Å²) in [6.07, 6.45) is 3.15. The number of hydrogen-bond donors (Lipinski definition) is 1. The summed E-state index contributed by atoms with van der Waals surface area (Å²) in [7, 11) is 4.07. The Kier molecular flexibility index (Phi) is 6.22. The molecule has 0 atom stereocenters. The fraction of sp³-hybridized carbons (Fsp3) is 0.733. The van der Waals surface area contributed by atoms with Crippen LogP contribution < -0.4 is 10.2 Å². The Hall–Kier alpha value is -1.16. The molecule has 0 spiro atoms. The zero-order chi connectivity index (χ0) is 14.4. The number of nitrogens with one attached hydrogen (secondary N) is 1. The normalized spacial score (nSPS) is 11.4. The molecule has 0 aliphatic rings. The molecule has 0 saturated heterocycles. The Morgan fingerprint density at radius 1 is 1.26 bits per heavy atom. The van der Waals surface area contributed by atoms with E-state index >= 15 is 0 Å². The van der Waals surface area contributed by atoms with E-state index in [1.54, 1.807) is 0 Å². The monoisotopic (exact) mass is 264 g/mol. The van der Waals surface area contributed by atoms with Gasteiger partial charge in [0, 0.05) is 26.1 Å². The molecule has 108 valence electrons. The van der Waals surface area contributed by atoms with Gasteiger partial charge >= 0.3 is 0 Å². The quantitative estimate of drug-likeness (QED) is 0.822. The van der Waals surface area contributed by atoms with Crippen LogP contribution in [0.4, 0.5) is 5.69 Å². The summed E-state index contributed by atoms with van der Waals surface area (Å²) < 4.78 is 0. The van der Waals surface area contributed by atoms with Gasteiger partial charge in [0.25, 0.3) is 0 Å². The molecular weight excluding hydrogens is 236 g/mol. The highest BCUT2D eigenvalue weighted by molar-refractivity contribution is 5.48. The van der Waals surface area contributed by atoms with Gasteiger partial charge in [-0.3, -0.25) is 0 Å². The number of anilines is 1. The first-order valence-corrected chi connectivity index (χ1v) is 7.17. The van der Waals surface area contributed by atoms with Crippen LogP contribution >= 0.6 is 0 Å². The van der Waals surface area contributed by atoms with Crippen molar-refractivity contribution in [3.05, 3.63) is 17.7 Å². The number of rotatable bonds is 7. The van der Waals surface area contributed by atoms with Gasteiger partial charge in [-0.05, 0) is 19.4 Å². The molecule has 0 fully saturated rings. The third kappa shape index (κ3) is 4.78. The van der Waals surface area contributed by atoms with Crippen LogP contribution in [0.3, 0.4) is 0 Å². The third-order valence-corrected chi connectivity index (χ3v) is 3.18. The van der Waals surface area contributed by atoms with Gasteiger partial charge in [-0.1, -0.05) is 27.7 Å². The van der Waals surface area contributed by atoms with Crippen LogP contribution in [0, 0.1) is 5.92 Å². The first-order valence-electron chi connectivity index (χ1n) is 7.17. The van der Waals surface area contributed by atoms with Gasteiger partial charge in [0.15, 0.2) is 0 Å². The highest BCUT2D eigenvalue weighted by Gasteiger charge is 2.12. The van der Waals surface area contributed by atoms with Crippen molar-refractivity contribution in [2.75, 3.05) is 25.5 Å². The van der Waals surface area contributed by atoms with E-state index in [0.717, 1.165) is 30.3 Å². The molecule has 0 unspecified atom stereocenters. The molecule has 1 heterocycles. The van der Waals surface area contributed by atoms with Crippen molar-refractivity contribution in [2.45, 2.75) is 46.6 Å². The summed E-state index contributed by atoms with van der Waals surface area (Å²) in [6, 6.07) is 0. The molecule has 0 bridgehead atoms. The average Bonchev–Trinajstić information content (AvgIpc) is 2.36. The van der Waals surface area contributed by atoms with E-state index in [4.69, 9.17) is 4.98 Å². The Bertz CT molecular complexity index is 388. The maximum Gasteiger partial charge on any atom is 0.131 e. The Morgan fingerprint density at radius 2 is 1.95 bits per heavy atom. The lowest BCUT2D eigenvalue weighted by Gasteiger charge is -2.23. The fourth-order valence-electron chi connectivity index (χ4n) is 1.89. The number of nitrogens with zero attached hydrogens (tertiary/aromatic N) is 3. The second-order valence-electron chi connectivity index (χ2n) is 5.85. The van der Waals surface area contributed by atoms with Crippen molar-refractivity contribution < 1.29 is 0 Å². The smallest absolute Gasteiger partial charge is 0.131 e. The lowest BCUT2D eigenvalue weighted by atomic mass is 10.1. The molecule has 0 radical (unpaired) electrons. The lowest BCUT2D eigenvalue weighted by Crippen LogP contribution is -2.24. The largest absolute Gasteiger partial charge is 0.372 e. The van der Waals surface area contributed by atoms with E-state index in [9.17, 15) is 0 Å². The summed E-state index contributed by atoms with van der Waals surface area (Å²) in [5.74, 6) is 2.00. The topological polar surface area (TPSA) is 41.1 Å². The van der Waals surface area contributed by atoms with Crippen LogP contribution in [0.5, 0.6) is 0 Å². The van der Waals surface area contributed by atoms with Crippen LogP contribution in [0.25, 0.3) is 0 Å². The van der Waals surface area contributed by atoms with Gasteiger partial charge in [-0.15, -0.1) is 0 Å². The van der Waals surface area contributed by atoms with Crippen molar-refractivity contribution in [1.29, 1.82) is 0 Å². The molecule has 1 aromatic heterocycles. The van der Waals surface area contributed by atoms with Gasteiger partial charge in [0.1, 0.15) is 5.82 Å². The zero-order valence-corrected chi connectivity index (χ0v) is 13.2. The van der Waals surface area contributed by atoms with Crippen molar-refractivity contribution in [3.8, 4) is 0 Å². The van der Waals surface area contributed by atoms with E-state index < -0.39 is 0 Å². The Balaban J connectivity index is 2.91. The van der Waals surface area contributed by atoms with Gasteiger partial charge < -0.3 is 10.2 Å². The zero-order valence-electron chi connectivity index (χ0n) is 13.2. The first-order chi connectivity index (χ1) is 8.95. The molecule has 0 aliphatic heterocycles. The molecule has 1 aromatic rings. The van der Waals surface area contributed by atoms with Crippen LogP contribution in [0.15, 0.2) is 6.20 Å². The highest BCUT2D eigenvalue weighted by Crippen LogP contribution is 2.20. The number of hydrogen-bond acceptors (Lipinski definition) is 4. The van der Waals surface area contributed by atoms with Gasteiger partial charge in [-0.25, -0.2) is 9.97 Å². The molecule has 4 nitrogen and oxygen atoms in total. The maximum absolute atomic E-state index is 4.69. The second kappa shape index (κ2) is 7.43. The van der Waals surface area contributed by atoms with Gasteiger partial charge in [-0.2, -0.15) is 0 Å². The van der Waals surface area contributed by atoms with E-state index in [1.807, 2.05) is 13.2 Å².